The quantitative estimate of drug-likeness (QED) is 0.737. The molecule has 25 heavy (non-hydrogen) atoms. The molecule has 2 heteroatoms. The molecule has 0 aromatic heterocycles. The predicted molar refractivity (Wildman–Crippen MR) is 102 cm³/mol. The number of carboxylic acid groups (broad SMARTS) is 1. The summed E-state index contributed by atoms with van der Waals surface area (Å²) in [5.41, 5.74) is 7.61. The molecular weight excluding hydrogens is 308 g/mol. The van der Waals surface area contributed by atoms with E-state index in [-0.39, 0.29) is 0 Å². The second-order valence-electron chi connectivity index (χ2n) is 8.31. The number of allylic oxidation sites excluding steroid dienone is 1. The van der Waals surface area contributed by atoms with Crippen LogP contribution in [0.2, 0.25) is 0 Å². The van der Waals surface area contributed by atoms with Gasteiger partial charge in [-0.05, 0) is 77.0 Å². The highest BCUT2D eigenvalue weighted by atomic mass is 16.4. The molecule has 1 fully saturated rings. The molecule has 0 heterocycles. The van der Waals surface area contributed by atoms with E-state index < -0.39 is 5.97 Å². The number of rotatable bonds is 3. The van der Waals surface area contributed by atoms with Gasteiger partial charge in [-0.25, -0.2) is 4.79 Å². The Bertz CT molecular complexity index is 891. The van der Waals surface area contributed by atoms with E-state index in [0.717, 1.165) is 5.56 Å². The maximum absolute atomic E-state index is 11.0. The van der Waals surface area contributed by atoms with Crippen molar-refractivity contribution in [2.45, 2.75) is 50.9 Å². The lowest BCUT2D eigenvalue weighted by molar-refractivity contribution is 0.0697. The molecule has 1 N–H and O–H groups in total. The molecule has 2 aliphatic rings. The number of hydrogen-bond donors (Lipinski definition) is 1. The number of carboxylic acids is 1. The van der Waals surface area contributed by atoms with Crippen LogP contribution in [0.4, 0.5) is 0 Å². The summed E-state index contributed by atoms with van der Waals surface area (Å²) in [4.78, 5) is 11.0. The van der Waals surface area contributed by atoms with E-state index in [1.54, 1.807) is 17.7 Å². The van der Waals surface area contributed by atoms with Crippen molar-refractivity contribution in [3.63, 3.8) is 0 Å². The molecule has 128 valence electrons. The molecule has 2 aromatic rings. The van der Waals surface area contributed by atoms with Crippen LogP contribution in [0.1, 0.15) is 72.6 Å². The van der Waals surface area contributed by atoms with Gasteiger partial charge in [-0.3, -0.25) is 0 Å². The zero-order valence-corrected chi connectivity index (χ0v) is 15.1. The van der Waals surface area contributed by atoms with Crippen molar-refractivity contribution in [3.05, 3.63) is 70.3 Å². The number of fused-ring (bicyclic) bond motifs is 5. The number of aromatic carboxylic acids is 1. The van der Waals surface area contributed by atoms with Gasteiger partial charge >= 0.3 is 5.97 Å². The van der Waals surface area contributed by atoms with Gasteiger partial charge in [0.15, 0.2) is 0 Å². The maximum atomic E-state index is 11.0. The Kier molecular flexibility index (Phi) is 3.44. The fraction of sp³-hybridized carbons (Fsp3) is 0.348. The van der Waals surface area contributed by atoms with E-state index >= 15 is 0 Å². The van der Waals surface area contributed by atoms with Crippen LogP contribution in [-0.2, 0) is 10.8 Å². The van der Waals surface area contributed by atoms with Crippen LogP contribution in [0.3, 0.4) is 0 Å². The second-order valence-corrected chi connectivity index (χ2v) is 8.31. The minimum absolute atomic E-state index is 0.324. The molecule has 2 aromatic carbocycles. The number of carbonyl (C=O) groups is 1. The van der Waals surface area contributed by atoms with Gasteiger partial charge in [0.2, 0.25) is 0 Å². The van der Waals surface area contributed by atoms with Crippen molar-refractivity contribution in [2.75, 3.05) is 0 Å². The predicted octanol–water partition coefficient (Wildman–Crippen LogP) is 5.66. The minimum atomic E-state index is -0.886. The summed E-state index contributed by atoms with van der Waals surface area (Å²) in [5, 5.41) is 9.01. The Labute approximate surface area is 149 Å². The Morgan fingerprint density at radius 1 is 0.960 bits per heavy atom. The summed E-state index contributed by atoms with van der Waals surface area (Å²) in [5.74, 6) is -0.886. The first kappa shape index (κ1) is 16.1. The molecule has 2 aliphatic carbocycles. The fourth-order valence-corrected chi connectivity index (χ4v) is 4.92. The lowest BCUT2D eigenvalue weighted by Crippen LogP contribution is -2.18. The van der Waals surface area contributed by atoms with Gasteiger partial charge < -0.3 is 5.11 Å². The van der Waals surface area contributed by atoms with Gasteiger partial charge in [-0.15, -0.1) is 0 Å². The first-order chi connectivity index (χ1) is 11.8. The lowest BCUT2D eigenvalue weighted by atomic mass is 9.77. The molecular formula is C23H24O2. The van der Waals surface area contributed by atoms with Crippen molar-refractivity contribution < 1.29 is 9.90 Å². The largest absolute Gasteiger partial charge is 0.478 e. The van der Waals surface area contributed by atoms with E-state index in [1.807, 2.05) is 12.1 Å². The second kappa shape index (κ2) is 5.32. The molecule has 2 bridgehead atoms. The third-order valence-corrected chi connectivity index (χ3v) is 6.33. The molecule has 0 aliphatic heterocycles. The molecule has 0 amide bonds. The fourth-order valence-electron chi connectivity index (χ4n) is 4.92. The highest BCUT2D eigenvalue weighted by Crippen LogP contribution is 2.60. The number of benzene rings is 2. The van der Waals surface area contributed by atoms with Gasteiger partial charge in [0.05, 0.1) is 5.56 Å². The van der Waals surface area contributed by atoms with Crippen LogP contribution in [0.15, 0.2) is 42.5 Å². The van der Waals surface area contributed by atoms with E-state index in [0.29, 0.717) is 16.4 Å². The summed E-state index contributed by atoms with van der Waals surface area (Å²) < 4.78 is 0. The highest BCUT2D eigenvalue weighted by Gasteiger charge is 2.52. The SMILES string of the molecule is CC(=Cc1ccc(C(=O)O)cc1)c1ccc2c(c1)C1(C)CCC2(C)C1. The Morgan fingerprint density at radius 3 is 2.20 bits per heavy atom. The van der Waals surface area contributed by atoms with Crippen molar-refractivity contribution in [1.82, 2.24) is 0 Å². The van der Waals surface area contributed by atoms with Gasteiger partial charge in [0, 0.05) is 0 Å². The monoisotopic (exact) mass is 332 g/mol. The third kappa shape index (κ3) is 2.52. The smallest absolute Gasteiger partial charge is 0.335 e. The van der Waals surface area contributed by atoms with E-state index in [4.69, 9.17) is 5.11 Å². The van der Waals surface area contributed by atoms with Crippen molar-refractivity contribution >= 4 is 17.6 Å². The zero-order chi connectivity index (χ0) is 17.8. The molecule has 4 rings (SSSR count). The van der Waals surface area contributed by atoms with Gasteiger partial charge in [0.1, 0.15) is 0 Å². The van der Waals surface area contributed by atoms with Gasteiger partial charge in [-0.1, -0.05) is 50.3 Å². The Balaban J connectivity index is 1.68. The summed E-state index contributed by atoms with van der Waals surface area (Å²) in [6.45, 7) is 6.96. The average molecular weight is 332 g/mol. The van der Waals surface area contributed by atoms with Crippen molar-refractivity contribution in [2.24, 2.45) is 0 Å². The summed E-state index contributed by atoms with van der Waals surface area (Å²) in [6.07, 6.45) is 6.00. The van der Waals surface area contributed by atoms with Crippen LogP contribution in [0.25, 0.3) is 11.6 Å². The zero-order valence-electron chi connectivity index (χ0n) is 15.1. The van der Waals surface area contributed by atoms with Crippen molar-refractivity contribution in [3.8, 4) is 0 Å². The van der Waals surface area contributed by atoms with Crippen LogP contribution in [0.5, 0.6) is 0 Å². The van der Waals surface area contributed by atoms with Gasteiger partial charge in [-0.2, -0.15) is 0 Å². The van der Waals surface area contributed by atoms with Crippen molar-refractivity contribution in [1.29, 1.82) is 0 Å². The summed E-state index contributed by atoms with van der Waals surface area (Å²) >= 11 is 0. The third-order valence-electron chi connectivity index (χ3n) is 6.33. The van der Waals surface area contributed by atoms with Crippen LogP contribution in [0, 0.1) is 0 Å². The molecule has 0 radical (unpaired) electrons. The average Bonchev–Trinajstić information content (AvgIpc) is 3.02. The Hall–Kier alpha value is -2.35. The summed E-state index contributed by atoms with van der Waals surface area (Å²) in [6, 6.07) is 14.0. The topological polar surface area (TPSA) is 37.3 Å². The Morgan fingerprint density at radius 2 is 1.56 bits per heavy atom. The molecule has 1 saturated carbocycles. The molecule has 2 atom stereocenters. The number of hydrogen-bond acceptors (Lipinski definition) is 1. The first-order valence-electron chi connectivity index (χ1n) is 8.98. The van der Waals surface area contributed by atoms with E-state index in [1.165, 1.54) is 36.0 Å². The van der Waals surface area contributed by atoms with Gasteiger partial charge in [0.25, 0.3) is 0 Å². The normalized spacial score (nSPS) is 27.4. The lowest BCUT2D eigenvalue weighted by Gasteiger charge is -2.27. The van der Waals surface area contributed by atoms with E-state index in [9.17, 15) is 4.79 Å². The van der Waals surface area contributed by atoms with Crippen LogP contribution < -0.4 is 0 Å². The minimum Gasteiger partial charge on any atom is -0.478 e. The standard InChI is InChI=1S/C23H24O2/c1-15(12-16-4-6-17(7-5-16)21(24)25)18-8-9-19-20(13-18)23(3)11-10-22(19,2)14-23/h4-9,12-13H,10-11,14H2,1-3H3,(H,24,25). The van der Waals surface area contributed by atoms with E-state index in [2.05, 4.69) is 45.0 Å². The van der Waals surface area contributed by atoms with Crippen LogP contribution in [-0.4, -0.2) is 11.1 Å². The van der Waals surface area contributed by atoms with Crippen LogP contribution >= 0.6 is 0 Å². The highest BCUT2D eigenvalue weighted by molar-refractivity contribution is 5.88. The first-order valence-corrected chi connectivity index (χ1v) is 8.98. The summed E-state index contributed by atoms with van der Waals surface area (Å²) in [7, 11) is 0. The maximum Gasteiger partial charge on any atom is 0.335 e. The molecule has 0 saturated heterocycles. The molecule has 2 nitrogen and oxygen atoms in total. The molecule has 0 spiro atoms. The molecule has 2 unspecified atom stereocenters.